The predicted molar refractivity (Wildman–Crippen MR) is 135 cm³/mol. The number of nitrogens with zero attached hydrogens (tertiary/aromatic N) is 5. The van der Waals surface area contributed by atoms with E-state index >= 15 is 0 Å². The third-order valence-corrected chi connectivity index (χ3v) is 6.46. The molecule has 3 aromatic rings. The summed E-state index contributed by atoms with van der Waals surface area (Å²) in [5, 5.41) is 8.90. The van der Waals surface area contributed by atoms with Crippen molar-refractivity contribution in [3.8, 4) is 34.1 Å². The van der Waals surface area contributed by atoms with E-state index in [9.17, 15) is 8.78 Å². The number of rotatable bonds is 7. The number of benzene rings is 2. The van der Waals surface area contributed by atoms with E-state index in [1.54, 1.807) is 13.4 Å². The van der Waals surface area contributed by atoms with Crippen molar-refractivity contribution in [3.05, 3.63) is 89.6 Å². The summed E-state index contributed by atoms with van der Waals surface area (Å²) in [4.78, 5) is 4.28. The molecule has 1 unspecified atom stereocenters. The van der Waals surface area contributed by atoms with Crippen LogP contribution in [0.1, 0.15) is 48.2 Å². The monoisotopic (exact) mass is 487 g/mol. The molecular formula is C28H27F2N5O. The van der Waals surface area contributed by atoms with Crippen molar-refractivity contribution in [3.63, 3.8) is 0 Å². The van der Waals surface area contributed by atoms with Gasteiger partial charge in [0.1, 0.15) is 11.4 Å². The first-order chi connectivity index (χ1) is 17.4. The molecule has 6 nitrogen and oxygen atoms in total. The number of pyridine rings is 1. The van der Waals surface area contributed by atoms with Crippen molar-refractivity contribution in [2.45, 2.75) is 39.7 Å². The number of fused-ring (bicyclic) bond motifs is 1. The molecule has 0 amide bonds. The lowest BCUT2D eigenvalue weighted by molar-refractivity contribution is 0.150. The molecule has 0 saturated carbocycles. The van der Waals surface area contributed by atoms with Gasteiger partial charge in [-0.2, -0.15) is 0 Å². The molecule has 8 heteroatoms. The summed E-state index contributed by atoms with van der Waals surface area (Å²) >= 11 is 0. The highest BCUT2D eigenvalue weighted by molar-refractivity contribution is 5.80. The quantitative estimate of drug-likeness (QED) is 0.253. The van der Waals surface area contributed by atoms with Crippen molar-refractivity contribution in [1.82, 2.24) is 24.3 Å². The molecule has 0 spiro atoms. The average molecular weight is 488 g/mol. The molecule has 0 N–H and O–H groups in total. The molecule has 2 aromatic carbocycles. The molecule has 2 aliphatic rings. The van der Waals surface area contributed by atoms with Gasteiger partial charge >= 0.3 is 0 Å². The van der Waals surface area contributed by atoms with Gasteiger partial charge in [-0.15, -0.1) is 10.2 Å². The van der Waals surface area contributed by atoms with Crippen LogP contribution in [-0.4, -0.2) is 31.4 Å². The van der Waals surface area contributed by atoms with Crippen molar-refractivity contribution in [2.75, 3.05) is 7.11 Å². The van der Waals surface area contributed by atoms with Crippen LogP contribution in [-0.2, 0) is 0 Å². The summed E-state index contributed by atoms with van der Waals surface area (Å²) in [5.74, 6) is 1.18. The fourth-order valence-corrected chi connectivity index (χ4v) is 4.60. The molecule has 36 heavy (non-hydrogen) atoms. The SMILES string of the molecule is CCC(c1ccc(C)cc1)n1cc(C(F)F)cc2c(-c3ccc(-n4cnc(C)c4)c(OC)c3)nnc1-2. The highest BCUT2D eigenvalue weighted by atomic mass is 19.3. The highest BCUT2D eigenvalue weighted by Gasteiger charge is 2.26. The summed E-state index contributed by atoms with van der Waals surface area (Å²) in [5.41, 5.74) is 5.66. The second kappa shape index (κ2) is 9.53. The molecule has 0 fully saturated rings. The highest BCUT2D eigenvalue weighted by Crippen LogP contribution is 2.39. The fraction of sp³-hybridized carbons (Fsp3) is 0.250. The summed E-state index contributed by atoms with van der Waals surface area (Å²) in [6.45, 7) is 5.98. The van der Waals surface area contributed by atoms with Crippen LogP contribution in [0.25, 0.3) is 28.3 Å². The minimum absolute atomic E-state index is 0.0680. The van der Waals surface area contributed by atoms with Crippen molar-refractivity contribution in [2.24, 2.45) is 0 Å². The van der Waals surface area contributed by atoms with Crippen LogP contribution >= 0.6 is 0 Å². The normalized spacial score (nSPS) is 12.4. The minimum atomic E-state index is -2.62. The molecule has 184 valence electrons. The Morgan fingerprint density at radius 2 is 1.72 bits per heavy atom. The van der Waals surface area contributed by atoms with E-state index in [2.05, 4.69) is 15.2 Å². The summed E-state index contributed by atoms with van der Waals surface area (Å²) in [6.07, 6.45) is 3.22. The van der Waals surface area contributed by atoms with Crippen LogP contribution in [0.3, 0.4) is 0 Å². The Balaban J connectivity index is 1.63. The molecule has 0 saturated heterocycles. The van der Waals surface area contributed by atoms with Crippen LogP contribution in [0.2, 0.25) is 0 Å². The Bertz CT molecular complexity index is 1470. The van der Waals surface area contributed by atoms with Crippen LogP contribution in [0.4, 0.5) is 8.78 Å². The lowest BCUT2D eigenvalue weighted by Crippen LogP contribution is -2.14. The lowest BCUT2D eigenvalue weighted by atomic mass is 9.99. The van der Waals surface area contributed by atoms with Gasteiger partial charge in [0.15, 0.2) is 5.82 Å². The van der Waals surface area contributed by atoms with Gasteiger partial charge in [0, 0.05) is 29.1 Å². The molecule has 1 atom stereocenters. The Labute approximate surface area is 208 Å². The molecule has 0 aliphatic carbocycles. The number of aromatic nitrogens is 5. The van der Waals surface area contributed by atoms with E-state index in [1.807, 2.05) is 78.6 Å². The molecule has 0 radical (unpaired) electrons. The maximum Gasteiger partial charge on any atom is 0.265 e. The van der Waals surface area contributed by atoms with Gasteiger partial charge < -0.3 is 13.9 Å². The van der Waals surface area contributed by atoms with E-state index in [1.165, 1.54) is 12.3 Å². The summed E-state index contributed by atoms with van der Waals surface area (Å²) in [7, 11) is 1.59. The van der Waals surface area contributed by atoms with Crippen molar-refractivity contribution >= 4 is 0 Å². The first-order valence-electron chi connectivity index (χ1n) is 11.8. The predicted octanol–water partition coefficient (Wildman–Crippen LogP) is 6.80. The zero-order chi connectivity index (χ0) is 25.4. The number of ether oxygens (including phenoxy) is 1. The Kier molecular flexibility index (Phi) is 6.26. The maximum absolute atomic E-state index is 14.0. The van der Waals surface area contributed by atoms with Gasteiger partial charge in [0.25, 0.3) is 6.43 Å². The number of hydrogen-bond acceptors (Lipinski definition) is 4. The first kappa shape index (κ1) is 23.7. The summed E-state index contributed by atoms with van der Waals surface area (Å²) in [6, 6.07) is 15.1. The molecule has 0 bridgehead atoms. The number of methoxy groups -OCH3 is 1. The van der Waals surface area contributed by atoms with E-state index in [0.717, 1.165) is 28.1 Å². The second-order valence-corrected chi connectivity index (χ2v) is 8.91. The van der Waals surface area contributed by atoms with Crippen LogP contribution in [0.5, 0.6) is 5.75 Å². The van der Waals surface area contributed by atoms with Gasteiger partial charge in [-0.05, 0) is 44.0 Å². The number of imidazole rings is 1. The van der Waals surface area contributed by atoms with E-state index in [4.69, 9.17) is 4.74 Å². The van der Waals surface area contributed by atoms with Crippen molar-refractivity contribution in [1.29, 1.82) is 0 Å². The molecule has 5 rings (SSSR count). The third-order valence-electron chi connectivity index (χ3n) is 6.46. The van der Waals surface area contributed by atoms with Crippen LogP contribution < -0.4 is 4.74 Å². The lowest BCUT2D eigenvalue weighted by Gasteiger charge is -2.23. The zero-order valence-electron chi connectivity index (χ0n) is 20.6. The Morgan fingerprint density at radius 3 is 2.36 bits per heavy atom. The zero-order valence-corrected chi connectivity index (χ0v) is 20.6. The van der Waals surface area contributed by atoms with E-state index in [-0.39, 0.29) is 11.6 Å². The van der Waals surface area contributed by atoms with Gasteiger partial charge in [-0.25, -0.2) is 13.8 Å². The average Bonchev–Trinajstić information content (AvgIpc) is 3.51. The van der Waals surface area contributed by atoms with Crippen LogP contribution in [0, 0.1) is 13.8 Å². The van der Waals surface area contributed by atoms with Gasteiger partial charge in [-0.3, -0.25) is 0 Å². The molecule has 3 heterocycles. The number of halogens is 2. The van der Waals surface area contributed by atoms with Gasteiger partial charge in [-0.1, -0.05) is 42.8 Å². The topological polar surface area (TPSA) is 57.8 Å². The molecule has 2 aliphatic heterocycles. The summed E-state index contributed by atoms with van der Waals surface area (Å²) < 4.78 is 37.4. The van der Waals surface area contributed by atoms with Gasteiger partial charge in [0.05, 0.1) is 30.9 Å². The van der Waals surface area contributed by atoms with Gasteiger partial charge in [0.2, 0.25) is 0 Å². The number of alkyl halides is 2. The standard InChI is InChI=1S/C28H27F2N5O/c1-5-23(19-8-6-17(2)7-9-19)35-15-21(27(29)30)12-22-26(32-33-28(22)35)20-10-11-24(25(13-20)36-4)34-14-18(3)31-16-34/h6-16,23,27H,5H2,1-4H3. The first-order valence-corrected chi connectivity index (χ1v) is 11.8. The molecular weight excluding hydrogens is 460 g/mol. The third kappa shape index (κ3) is 4.23. The largest absolute Gasteiger partial charge is 0.495 e. The Morgan fingerprint density at radius 1 is 0.944 bits per heavy atom. The second-order valence-electron chi connectivity index (χ2n) is 8.91. The van der Waals surface area contributed by atoms with Crippen molar-refractivity contribution < 1.29 is 13.5 Å². The number of hydrogen-bond donors (Lipinski definition) is 0. The fourth-order valence-electron chi connectivity index (χ4n) is 4.60. The smallest absolute Gasteiger partial charge is 0.265 e. The molecule has 1 aromatic heterocycles. The number of aryl methyl sites for hydroxylation is 2. The maximum atomic E-state index is 14.0. The van der Waals surface area contributed by atoms with Crippen LogP contribution in [0.15, 0.2) is 67.3 Å². The minimum Gasteiger partial charge on any atom is -0.495 e. The van der Waals surface area contributed by atoms with E-state index < -0.39 is 6.43 Å². The Hall–Kier alpha value is -4.07. The van der Waals surface area contributed by atoms with E-state index in [0.29, 0.717) is 29.3 Å².